The Morgan fingerprint density at radius 3 is 2.69 bits per heavy atom. The summed E-state index contributed by atoms with van der Waals surface area (Å²) >= 11 is 7.01. The number of hydrazone groups is 1. The highest BCUT2D eigenvalue weighted by Crippen LogP contribution is 2.28. The molecule has 0 bridgehead atoms. The van der Waals surface area contributed by atoms with Crippen molar-refractivity contribution in [3.8, 4) is 11.5 Å². The fraction of sp³-hybridized carbons (Fsp3) is 0.150. The van der Waals surface area contributed by atoms with Gasteiger partial charge in [0.2, 0.25) is 0 Å². The number of amides is 1. The molecular formula is C20H19ClN4O3S. The number of benzene rings is 2. The van der Waals surface area contributed by atoms with E-state index in [4.69, 9.17) is 26.8 Å². The molecule has 3 rings (SSSR count). The summed E-state index contributed by atoms with van der Waals surface area (Å²) in [7, 11) is 1.56. The third-order valence-corrected chi connectivity index (χ3v) is 5.13. The molecule has 150 valence electrons. The van der Waals surface area contributed by atoms with Crippen molar-refractivity contribution in [1.29, 1.82) is 0 Å². The Hall–Kier alpha value is -3.10. The quantitative estimate of drug-likeness (QED) is 0.435. The highest BCUT2D eigenvalue weighted by atomic mass is 35.5. The first-order valence-electron chi connectivity index (χ1n) is 8.58. The monoisotopic (exact) mass is 430 g/mol. The molecule has 0 atom stereocenters. The lowest BCUT2D eigenvalue weighted by molar-refractivity contribution is 0.0958. The maximum Gasteiger partial charge on any atom is 0.283 e. The van der Waals surface area contributed by atoms with Gasteiger partial charge in [-0.05, 0) is 48.4 Å². The first kappa shape index (κ1) is 20.6. The number of carbonyl (C=O) groups is 1. The zero-order chi connectivity index (χ0) is 20.8. The van der Waals surface area contributed by atoms with E-state index < -0.39 is 0 Å². The molecule has 3 N–H and O–H groups in total. The van der Waals surface area contributed by atoms with Crippen LogP contribution in [0.1, 0.15) is 26.5 Å². The normalized spacial score (nSPS) is 10.9. The van der Waals surface area contributed by atoms with Crippen LogP contribution < -0.4 is 20.6 Å². The van der Waals surface area contributed by atoms with Gasteiger partial charge in [-0.25, -0.2) is 10.4 Å². The summed E-state index contributed by atoms with van der Waals surface area (Å²) in [4.78, 5) is 16.6. The molecule has 29 heavy (non-hydrogen) atoms. The number of aryl methyl sites for hydroxylation is 1. The summed E-state index contributed by atoms with van der Waals surface area (Å²) in [5.74, 6) is 0.794. The minimum atomic E-state index is -0.358. The lowest BCUT2D eigenvalue weighted by Crippen LogP contribution is -2.17. The Labute approximate surface area is 177 Å². The Bertz CT molecular complexity index is 1030. The number of rotatable bonds is 7. The molecule has 1 aromatic heterocycles. The standard InChI is InChI=1S/C20H19ClN4O3S/c1-12-18(29-20(22)24-12)19(26)25-23-10-14-5-8-16(17(9-14)27-2)28-11-13-3-6-15(21)7-4-13/h3-10H,11H2,1-2H3,(H2,22,24)(H,25,26). The average Bonchev–Trinajstić information content (AvgIpc) is 3.06. The minimum absolute atomic E-state index is 0.343. The van der Waals surface area contributed by atoms with Crippen molar-refractivity contribution < 1.29 is 14.3 Å². The predicted molar refractivity (Wildman–Crippen MR) is 115 cm³/mol. The third-order valence-electron chi connectivity index (χ3n) is 3.89. The fourth-order valence-electron chi connectivity index (χ4n) is 2.47. The van der Waals surface area contributed by atoms with Gasteiger partial charge in [0, 0.05) is 5.02 Å². The number of nitrogens with zero attached hydrogens (tertiary/aromatic N) is 2. The van der Waals surface area contributed by atoms with Crippen LogP contribution in [0.5, 0.6) is 11.5 Å². The fourth-order valence-corrected chi connectivity index (χ4v) is 3.32. The number of nitrogen functional groups attached to an aromatic ring is 1. The number of aromatic nitrogens is 1. The van der Waals surface area contributed by atoms with Crippen LogP contribution in [0.2, 0.25) is 5.02 Å². The van der Waals surface area contributed by atoms with Gasteiger partial charge in [-0.1, -0.05) is 35.1 Å². The zero-order valence-electron chi connectivity index (χ0n) is 15.8. The van der Waals surface area contributed by atoms with E-state index in [1.54, 1.807) is 26.2 Å². The predicted octanol–water partition coefficient (Wildman–Crippen LogP) is 4.04. The second kappa shape index (κ2) is 9.40. The lowest BCUT2D eigenvalue weighted by atomic mass is 10.2. The van der Waals surface area contributed by atoms with Gasteiger partial charge >= 0.3 is 0 Å². The molecule has 7 nitrogen and oxygen atoms in total. The number of thiazole rings is 1. The molecule has 0 saturated heterocycles. The summed E-state index contributed by atoms with van der Waals surface area (Å²) in [6.45, 7) is 2.10. The molecule has 9 heteroatoms. The molecule has 0 unspecified atom stereocenters. The van der Waals surface area contributed by atoms with Crippen molar-refractivity contribution in [1.82, 2.24) is 10.4 Å². The average molecular weight is 431 g/mol. The van der Waals surface area contributed by atoms with E-state index in [0.29, 0.717) is 38.8 Å². The minimum Gasteiger partial charge on any atom is -0.493 e. The van der Waals surface area contributed by atoms with Crippen LogP contribution in [0.15, 0.2) is 47.6 Å². The van der Waals surface area contributed by atoms with E-state index in [2.05, 4.69) is 15.5 Å². The number of halogens is 1. The summed E-state index contributed by atoms with van der Waals surface area (Å²) in [6.07, 6.45) is 1.52. The van der Waals surface area contributed by atoms with Gasteiger partial charge in [-0.15, -0.1) is 0 Å². The molecule has 3 aromatic rings. The first-order valence-corrected chi connectivity index (χ1v) is 9.77. The van der Waals surface area contributed by atoms with E-state index in [-0.39, 0.29) is 5.91 Å². The van der Waals surface area contributed by atoms with Gasteiger partial charge in [-0.2, -0.15) is 5.10 Å². The number of anilines is 1. The van der Waals surface area contributed by atoms with Gasteiger partial charge in [-0.3, -0.25) is 4.79 Å². The van der Waals surface area contributed by atoms with E-state index in [0.717, 1.165) is 22.5 Å². The Morgan fingerprint density at radius 2 is 2.03 bits per heavy atom. The molecule has 0 aliphatic carbocycles. The topological polar surface area (TPSA) is 98.8 Å². The molecule has 0 aliphatic rings. The van der Waals surface area contributed by atoms with Crippen LogP contribution in [0.3, 0.4) is 0 Å². The molecule has 0 fully saturated rings. The second-order valence-corrected chi connectivity index (χ2v) is 7.46. The van der Waals surface area contributed by atoms with Gasteiger partial charge in [0.1, 0.15) is 11.5 Å². The second-order valence-electron chi connectivity index (χ2n) is 5.99. The summed E-state index contributed by atoms with van der Waals surface area (Å²) in [5.41, 5.74) is 10.4. The number of carbonyl (C=O) groups excluding carboxylic acids is 1. The van der Waals surface area contributed by atoms with Crippen molar-refractivity contribution in [3.63, 3.8) is 0 Å². The van der Waals surface area contributed by atoms with Gasteiger partial charge < -0.3 is 15.2 Å². The van der Waals surface area contributed by atoms with Gasteiger partial charge in [0.25, 0.3) is 5.91 Å². The van der Waals surface area contributed by atoms with Crippen molar-refractivity contribution in [2.24, 2.45) is 5.10 Å². The van der Waals surface area contributed by atoms with Crippen molar-refractivity contribution in [3.05, 3.63) is 69.2 Å². The molecule has 1 heterocycles. The Kier molecular flexibility index (Phi) is 6.69. The summed E-state index contributed by atoms with van der Waals surface area (Å²) in [6, 6.07) is 12.8. The van der Waals surface area contributed by atoms with Crippen LogP contribution >= 0.6 is 22.9 Å². The summed E-state index contributed by atoms with van der Waals surface area (Å²) < 4.78 is 11.2. The van der Waals surface area contributed by atoms with Crippen LogP contribution in [-0.2, 0) is 6.61 Å². The highest BCUT2D eigenvalue weighted by molar-refractivity contribution is 7.17. The molecule has 2 aromatic carbocycles. The molecule has 0 saturated carbocycles. The molecule has 1 amide bonds. The van der Waals surface area contributed by atoms with Crippen LogP contribution in [0, 0.1) is 6.92 Å². The van der Waals surface area contributed by atoms with Crippen molar-refractivity contribution >= 4 is 40.2 Å². The Morgan fingerprint density at radius 1 is 1.28 bits per heavy atom. The van der Waals surface area contributed by atoms with E-state index >= 15 is 0 Å². The number of nitrogens with two attached hydrogens (primary N) is 1. The van der Waals surface area contributed by atoms with Crippen LogP contribution in [0.25, 0.3) is 0 Å². The van der Waals surface area contributed by atoms with Gasteiger partial charge in [0.05, 0.1) is 19.0 Å². The SMILES string of the molecule is COc1cc(C=NNC(=O)c2sc(N)nc2C)ccc1OCc1ccc(Cl)cc1. The van der Waals surface area contributed by atoms with Crippen LogP contribution in [0.4, 0.5) is 5.13 Å². The smallest absolute Gasteiger partial charge is 0.283 e. The number of ether oxygens (including phenoxy) is 2. The largest absolute Gasteiger partial charge is 0.493 e. The molecule has 0 spiro atoms. The van der Waals surface area contributed by atoms with Crippen molar-refractivity contribution in [2.45, 2.75) is 13.5 Å². The zero-order valence-corrected chi connectivity index (χ0v) is 17.4. The van der Waals surface area contributed by atoms with Crippen molar-refractivity contribution in [2.75, 3.05) is 12.8 Å². The molecular weight excluding hydrogens is 412 g/mol. The van der Waals surface area contributed by atoms with Crippen LogP contribution in [-0.4, -0.2) is 24.2 Å². The maximum absolute atomic E-state index is 12.1. The summed E-state index contributed by atoms with van der Waals surface area (Å²) in [5, 5.41) is 5.00. The van der Waals surface area contributed by atoms with E-state index in [1.807, 2.05) is 30.3 Å². The van der Waals surface area contributed by atoms with Gasteiger partial charge in [0.15, 0.2) is 16.6 Å². The lowest BCUT2D eigenvalue weighted by Gasteiger charge is -2.11. The first-order chi connectivity index (χ1) is 14.0. The number of nitrogens with one attached hydrogen (secondary N) is 1. The number of hydrogen-bond donors (Lipinski definition) is 2. The Balaban J connectivity index is 1.63. The molecule has 0 radical (unpaired) electrons. The van der Waals surface area contributed by atoms with E-state index in [1.165, 1.54) is 6.21 Å². The van der Waals surface area contributed by atoms with E-state index in [9.17, 15) is 4.79 Å². The highest BCUT2D eigenvalue weighted by Gasteiger charge is 2.13. The number of hydrogen-bond acceptors (Lipinski definition) is 7. The maximum atomic E-state index is 12.1. The third kappa shape index (κ3) is 5.46. The molecule has 0 aliphatic heterocycles. The number of methoxy groups -OCH3 is 1.